The Kier molecular flexibility index (Phi) is 5.22. The van der Waals surface area contributed by atoms with E-state index in [0.717, 1.165) is 29.3 Å². The van der Waals surface area contributed by atoms with E-state index in [4.69, 9.17) is 15.2 Å². The van der Waals surface area contributed by atoms with E-state index in [1.807, 2.05) is 49.7 Å². The molecular formula is C16H23N3O2. The van der Waals surface area contributed by atoms with Gasteiger partial charge in [0.15, 0.2) is 11.5 Å². The van der Waals surface area contributed by atoms with Gasteiger partial charge in [-0.05, 0) is 44.5 Å². The Morgan fingerprint density at radius 2 is 1.81 bits per heavy atom. The van der Waals surface area contributed by atoms with Crippen LogP contribution in [0.25, 0.3) is 0 Å². The van der Waals surface area contributed by atoms with E-state index in [9.17, 15) is 0 Å². The summed E-state index contributed by atoms with van der Waals surface area (Å²) < 4.78 is 13.1. The molecule has 0 aliphatic carbocycles. The van der Waals surface area contributed by atoms with Gasteiger partial charge < -0.3 is 15.2 Å². The van der Waals surface area contributed by atoms with Gasteiger partial charge in [0.05, 0.1) is 24.9 Å². The summed E-state index contributed by atoms with van der Waals surface area (Å²) in [5.41, 5.74) is 8.34. The van der Waals surface area contributed by atoms with Crippen LogP contribution >= 0.6 is 0 Å². The zero-order valence-electron chi connectivity index (χ0n) is 12.9. The standard InChI is InChI=1S/C16H23N3O2/c1-4-19-13(9-10-18-19)16(17)12-7-8-14(20-5-2)15(11-12)21-6-3/h7-11,16H,4-6,17H2,1-3H3. The van der Waals surface area contributed by atoms with Crippen LogP contribution in [0.4, 0.5) is 0 Å². The van der Waals surface area contributed by atoms with E-state index in [0.29, 0.717) is 13.2 Å². The average molecular weight is 289 g/mol. The number of aryl methyl sites for hydroxylation is 1. The van der Waals surface area contributed by atoms with Gasteiger partial charge in [0, 0.05) is 12.7 Å². The van der Waals surface area contributed by atoms with Gasteiger partial charge in [0.2, 0.25) is 0 Å². The minimum absolute atomic E-state index is 0.234. The first kappa shape index (κ1) is 15.4. The molecule has 1 unspecified atom stereocenters. The lowest BCUT2D eigenvalue weighted by molar-refractivity contribution is 0.287. The smallest absolute Gasteiger partial charge is 0.161 e. The maximum Gasteiger partial charge on any atom is 0.161 e. The molecule has 2 N–H and O–H groups in total. The third-order valence-corrected chi connectivity index (χ3v) is 3.29. The molecule has 1 atom stereocenters. The molecule has 0 fully saturated rings. The van der Waals surface area contributed by atoms with Crippen LogP contribution < -0.4 is 15.2 Å². The zero-order chi connectivity index (χ0) is 15.2. The summed E-state index contributed by atoms with van der Waals surface area (Å²) in [4.78, 5) is 0. The minimum Gasteiger partial charge on any atom is -0.490 e. The van der Waals surface area contributed by atoms with E-state index in [2.05, 4.69) is 5.10 Å². The second-order valence-corrected chi connectivity index (χ2v) is 4.62. The van der Waals surface area contributed by atoms with Crippen molar-refractivity contribution in [2.45, 2.75) is 33.4 Å². The van der Waals surface area contributed by atoms with E-state index in [-0.39, 0.29) is 6.04 Å². The van der Waals surface area contributed by atoms with Crippen molar-refractivity contribution in [1.82, 2.24) is 9.78 Å². The van der Waals surface area contributed by atoms with Crippen molar-refractivity contribution < 1.29 is 9.47 Å². The van der Waals surface area contributed by atoms with Crippen LogP contribution in [0.1, 0.15) is 38.1 Å². The molecule has 0 bridgehead atoms. The molecule has 1 aromatic carbocycles. The summed E-state index contributed by atoms with van der Waals surface area (Å²) in [6.07, 6.45) is 1.77. The van der Waals surface area contributed by atoms with Gasteiger partial charge >= 0.3 is 0 Å². The van der Waals surface area contributed by atoms with Crippen LogP contribution in [0.3, 0.4) is 0 Å². The van der Waals surface area contributed by atoms with Crippen molar-refractivity contribution in [2.24, 2.45) is 5.73 Å². The Morgan fingerprint density at radius 1 is 1.10 bits per heavy atom. The van der Waals surface area contributed by atoms with Crippen LogP contribution in [-0.4, -0.2) is 23.0 Å². The Labute approximate surface area is 125 Å². The number of benzene rings is 1. The lowest BCUT2D eigenvalue weighted by atomic mass is 10.0. The fourth-order valence-electron chi connectivity index (χ4n) is 2.30. The number of nitrogens with zero attached hydrogens (tertiary/aromatic N) is 2. The number of ether oxygens (including phenoxy) is 2. The number of hydrogen-bond acceptors (Lipinski definition) is 4. The molecule has 114 valence electrons. The van der Waals surface area contributed by atoms with Crippen molar-refractivity contribution in [3.8, 4) is 11.5 Å². The normalized spacial score (nSPS) is 12.2. The molecule has 2 rings (SSSR count). The highest BCUT2D eigenvalue weighted by atomic mass is 16.5. The van der Waals surface area contributed by atoms with Gasteiger partial charge in [-0.25, -0.2) is 0 Å². The quantitative estimate of drug-likeness (QED) is 0.851. The summed E-state index contributed by atoms with van der Waals surface area (Å²) in [7, 11) is 0. The number of hydrogen-bond donors (Lipinski definition) is 1. The van der Waals surface area contributed by atoms with Crippen molar-refractivity contribution >= 4 is 0 Å². The average Bonchev–Trinajstić information content (AvgIpc) is 2.97. The second kappa shape index (κ2) is 7.13. The molecular weight excluding hydrogens is 266 g/mol. The molecule has 0 amide bonds. The third-order valence-electron chi connectivity index (χ3n) is 3.29. The number of aromatic nitrogens is 2. The summed E-state index contributed by atoms with van der Waals surface area (Å²) in [5.74, 6) is 1.48. The van der Waals surface area contributed by atoms with Crippen LogP contribution in [0, 0.1) is 0 Å². The Balaban J connectivity index is 2.33. The molecule has 2 aromatic rings. The molecule has 0 saturated carbocycles. The van der Waals surface area contributed by atoms with E-state index in [1.54, 1.807) is 6.20 Å². The molecule has 0 aliphatic rings. The molecule has 0 radical (unpaired) electrons. The zero-order valence-corrected chi connectivity index (χ0v) is 12.9. The van der Waals surface area contributed by atoms with Gasteiger partial charge in [-0.15, -0.1) is 0 Å². The van der Waals surface area contributed by atoms with Crippen molar-refractivity contribution in [3.63, 3.8) is 0 Å². The maximum atomic E-state index is 6.37. The number of nitrogens with two attached hydrogens (primary N) is 1. The highest BCUT2D eigenvalue weighted by Gasteiger charge is 2.16. The van der Waals surface area contributed by atoms with Crippen LogP contribution in [0.15, 0.2) is 30.5 Å². The lowest BCUT2D eigenvalue weighted by Gasteiger charge is -2.17. The molecule has 0 aliphatic heterocycles. The van der Waals surface area contributed by atoms with E-state index >= 15 is 0 Å². The molecule has 21 heavy (non-hydrogen) atoms. The van der Waals surface area contributed by atoms with Crippen molar-refractivity contribution in [2.75, 3.05) is 13.2 Å². The molecule has 5 nitrogen and oxygen atoms in total. The highest BCUT2D eigenvalue weighted by molar-refractivity contribution is 5.45. The summed E-state index contributed by atoms with van der Waals surface area (Å²) >= 11 is 0. The van der Waals surface area contributed by atoms with Crippen LogP contribution in [0.2, 0.25) is 0 Å². The SMILES string of the molecule is CCOc1ccc(C(N)c2ccnn2CC)cc1OCC. The largest absolute Gasteiger partial charge is 0.490 e. The predicted molar refractivity (Wildman–Crippen MR) is 82.7 cm³/mol. The van der Waals surface area contributed by atoms with Crippen LogP contribution in [-0.2, 0) is 6.54 Å². The Bertz CT molecular complexity index is 581. The van der Waals surface area contributed by atoms with Gasteiger partial charge in [-0.2, -0.15) is 5.10 Å². The molecule has 1 heterocycles. The Hall–Kier alpha value is -2.01. The van der Waals surface area contributed by atoms with E-state index < -0.39 is 0 Å². The van der Waals surface area contributed by atoms with Crippen molar-refractivity contribution in [3.05, 3.63) is 41.7 Å². The number of rotatable bonds is 7. The molecule has 1 aromatic heterocycles. The molecule has 0 saturated heterocycles. The molecule has 5 heteroatoms. The van der Waals surface area contributed by atoms with E-state index in [1.165, 1.54) is 0 Å². The summed E-state index contributed by atoms with van der Waals surface area (Å²) in [5, 5.41) is 4.27. The first-order valence-electron chi connectivity index (χ1n) is 7.38. The van der Waals surface area contributed by atoms with Gasteiger partial charge in [-0.3, -0.25) is 4.68 Å². The maximum absolute atomic E-state index is 6.37. The minimum atomic E-state index is -0.234. The first-order chi connectivity index (χ1) is 10.2. The van der Waals surface area contributed by atoms with Crippen molar-refractivity contribution in [1.29, 1.82) is 0 Å². The fourth-order valence-corrected chi connectivity index (χ4v) is 2.30. The summed E-state index contributed by atoms with van der Waals surface area (Å²) in [6.45, 7) is 7.95. The van der Waals surface area contributed by atoms with Gasteiger partial charge in [0.1, 0.15) is 0 Å². The lowest BCUT2D eigenvalue weighted by Crippen LogP contribution is -2.17. The van der Waals surface area contributed by atoms with Gasteiger partial charge in [-0.1, -0.05) is 6.07 Å². The summed E-state index contributed by atoms with van der Waals surface area (Å²) in [6, 6.07) is 7.56. The monoisotopic (exact) mass is 289 g/mol. The highest BCUT2D eigenvalue weighted by Crippen LogP contribution is 2.31. The predicted octanol–water partition coefficient (Wildman–Crippen LogP) is 2.75. The topological polar surface area (TPSA) is 62.3 Å². The van der Waals surface area contributed by atoms with Gasteiger partial charge in [0.25, 0.3) is 0 Å². The Morgan fingerprint density at radius 3 is 2.48 bits per heavy atom. The third kappa shape index (κ3) is 3.36. The van der Waals surface area contributed by atoms with Crippen LogP contribution in [0.5, 0.6) is 11.5 Å². The molecule has 0 spiro atoms. The first-order valence-corrected chi connectivity index (χ1v) is 7.38. The fraction of sp³-hybridized carbons (Fsp3) is 0.438. The second-order valence-electron chi connectivity index (χ2n) is 4.62.